The van der Waals surface area contributed by atoms with Crippen molar-refractivity contribution < 1.29 is 14.3 Å². The third kappa shape index (κ3) is 3.55. The lowest BCUT2D eigenvalue weighted by Gasteiger charge is -2.12. The van der Waals surface area contributed by atoms with E-state index in [1.807, 2.05) is 0 Å². The molecule has 18 heavy (non-hydrogen) atoms. The van der Waals surface area contributed by atoms with Gasteiger partial charge in [0.25, 0.3) is 0 Å². The molecule has 2 amide bonds. The van der Waals surface area contributed by atoms with Crippen LogP contribution in [0.2, 0.25) is 0 Å². The molecule has 1 aromatic rings. The molecule has 0 saturated heterocycles. The zero-order valence-electron chi connectivity index (χ0n) is 10.5. The Morgan fingerprint density at radius 3 is 2.61 bits per heavy atom. The van der Waals surface area contributed by atoms with Crippen LogP contribution in [0.4, 0.5) is 10.5 Å². The summed E-state index contributed by atoms with van der Waals surface area (Å²) in [4.78, 5) is 15.2. The molecule has 0 heterocycles. The quantitative estimate of drug-likeness (QED) is 0.546. The number of guanidine groups is 1. The van der Waals surface area contributed by atoms with E-state index >= 15 is 0 Å². The summed E-state index contributed by atoms with van der Waals surface area (Å²) in [6.07, 6.45) is 0. The summed E-state index contributed by atoms with van der Waals surface area (Å²) in [5.74, 6) is 1.13. The van der Waals surface area contributed by atoms with Crippen molar-refractivity contribution in [2.24, 2.45) is 10.7 Å². The Bertz CT molecular complexity index is 460. The number of benzene rings is 1. The molecule has 0 unspecified atom stereocenters. The van der Waals surface area contributed by atoms with Crippen LogP contribution < -0.4 is 25.8 Å². The van der Waals surface area contributed by atoms with Crippen LogP contribution in [0.25, 0.3) is 0 Å². The number of aliphatic imine (C=N–C) groups is 1. The molecule has 0 radical (unpaired) electrons. The van der Waals surface area contributed by atoms with Crippen LogP contribution in [0.3, 0.4) is 0 Å². The molecule has 0 atom stereocenters. The van der Waals surface area contributed by atoms with Crippen LogP contribution in [0.5, 0.6) is 11.5 Å². The summed E-state index contributed by atoms with van der Waals surface area (Å²) in [5.41, 5.74) is 5.85. The van der Waals surface area contributed by atoms with Crippen LogP contribution in [-0.2, 0) is 0 Å². The van der Waals surface area contributed by atoms with Crippen molar-refractivity contribution in [3.05, 3.63) is 18.2 Å². The summed E-state index contributed by atoms with van der Waals surface area (Å²) < 4.78 is 10.2. The number of carbonyl (C=O) groups is 1. The van der Waals surface area contributed by atoms with Crippen molar-refractivity contribution >= 4 is 17.7 Å². The zero-order chi connectivity index (χ0) is 13.5. The maximum atomic E-state index is 11.6. The summed E-state index contributed by atoms with van der Waals surface area (Å²) in [7, 11) is 4.52. The second-order valence-electron chi connectivity index (χ2n) is 3.25. The van der Waals surface area contributed by atoms with Crippen molar-refractivity contribution in [2.75, 3.05) is 26.6 Å². The summed E-state index contributed by atoms with van der Waals surface area (Å²) in [6, 6.07) is 4.54. The number of nitrogens with one attached hydrogen (secondary N) is 2. The largest absolute Gasteiger partial charge is 0.497 e. The Labute approximate surface area is 105 Å². The van der Waals surface area contributed by atoms with E-state index in [1.54, 1.807) is 18.2 Å². The summed E-state index contributed by atoms with van der Waals surface area (Å²) in [5, 5.41) is 4.93. The summed E-state index contributed by atoms with van der Waals surface area (Å²) >= 11 is 0. The first kappa shape index (κ1) is 13.6. The molecule has 7 heteroatoms. The highest BCUT2D eigenvalue weighted by Gasteiger charge is 2.09. The fourth-order valence-electron chi connectivity index (χ4n) is 1.24. The van der Waals surface area contributed by atoms with Crippen LogP contribution in [-0.4, -0.2) is 33.3 Å². The Morgan fingerprint density at radius 2 is 2.06 bits per heavy atom. The number of anilines is 1. The van der Waals surface area contributed by atoms with E-state index in [9.17, 15) is 4.79 Å². The minimum absolute atomic E-state index is 0.0226. The number of nitrogens with zero attached hydrogens (tertiary/aromatic N) is 1. The SMILES string of the molecule is CN=C(N)NC(=O)Nc1cc(OC)ccc1OC. The van der Waals surface area contributed by atoms with Crippen molar-refractivity contribution in [1.82, 2.24) is 5.32 Å². The maximum Gasteiger partial charge on any atom is 0.326 e. The number of hydrogen-bond acceptors (Lipinski definition) is 4. The van der Waals surface area contributed by atoms with Gasteiger partial charge >= 0.3 is 6.03 Å². The van der Waals surface area contributed by atoms with Gasteiger partial charge in [-0.3, -0.25) is 10.3 Å². The first-order valence-corrected chi connectivity index (χ1v) is 5.13. The van der Waals surface area contributed by atoms with Crippen LogP contribution in [0, 0.1) is 0 Å². The lowest BCUT2D eigenvalue weighted by molar-refractivity contribution is 0.256. The van der Waals surface area contributed by atoms with Gasteiger partial charge in [-0.25, -0.2) is 4.79 Å². The highest BCUT2D eigenvalue weighted by molar-refractivity contribution is 6.02. The number of hydrogen-bond donors (Lipinski definition) is 3. The van der Waals surface area contributed by atoms with Crippen molar-refractivity contribution in [3.8, 4) is 11.5 Å². The topological polar surface area (TPSA) is 98.0 Å². The average molecular weight is 252 g/mol. The van der Waals surface area contributed by atoms with Crippen molar-refractivity contribution in [1.29, 1.82) is 0 Å². The highest BCUT2D eigenvalue weighted by atomic mass is 16.5. The Balaban J connectivity index is 2.85. The molecule has 1 rings (SSSR count). The van der Waals surface area contributed by atoms with Gasteiger partial charge in [0.15, 0.2) is 5.96 Å². The molecule has 0 aliphatic heterocycles. The number of rotatable bonds is 3. The number of carbonyl (C=O) groups excluding carboxylic acids is 1. The first-order chi connectivity index (χ1) is 8.60. The van der Waals surface area contributed by atoms with Crippen molar-refractivity contribution in [3.63, 3.8) is 0 Å². The maximum absolute atomic E-state index is 11.6. The van der Waals surface area contributed by atoms with E-state index in [1.165, 1.54) is 21.3 Å². The Hall–Kier alpha value is -2.44. The van der Waals surface area contributed by atoms with E-state index in [0.717, 1.165) is 0 Å². The van der Waals surface area contributed by atoms with E-state index in [4.69, 9.17) is 15.2 Å². The predicted octanol–water partition coefficient (Wildman–Crippen LogP) is 0.770. The van der Waals surface area contributed by atoms with E-state index in [0.29, 0.717) is 17.2 Å². The first-order valence-electron chi connectivity index (χ1n) is 5.13. The molecule has 0 aromatic heterocycles. The standard InChI is InChI=1S/C11H16N4O3/c1-13-10(12)15-11(16)14-8-6-7(17-2)4-5-9(8)18-3/h4-6H,1-3H3,(H4,12,13,14,15,16). The molecule has 4 N–H and O–H groups in total. The predicted molar refractivity (Wildman–Crippen MR) is 69.2 cm³/mol. The third-order valence-electron chi connectivity index (χ3n) is 2.14. The van der Waals surface area contributed by atoms with Crippen LogP contribution >= 0.6 is 0 Å². The minimum atomic E-state index is -0.510. The third-order valence-corrected chi connectivity index (χ3v) is 2.14. The van der Waals surface area contributed by atoms with Gasteiger partial charge in [-0.05, 0) is 12.1 Å². The zero-order valence-corrected chi connectivity index (χ0v) is 10.5. The van der Waals surface area contributed by atoms with Gasteiger partial charge in [0.1, 0.15) is 11.5 Å². The summed E-state index contributed by atoms with van der Waals surface area (Å²) in [6.45, 7) is 0. The van der Waals surface area contributed by atoms with Gasteiger partial charge in [-0.1, -0.05) is 0 Å². The molecular formula is C11H16N4O3. The molecule has 0 fully saturated rings. The van der Waals surface area contributed by atoms with Crippen LogP contribution in [0.1, 0.15) is 0 Å². The number of urea groups is 1. The lowest BCUT2D eigenvalue weighted by atomic mass is 10.2. The fraction of sp³-hybridized carbons (Fsp3) is 0.273. The van der Waals surface area contributed by atoms with E-state index in [2.05, 4.69) is 15.6 Å². The Morgan fingerprint density at radius 1 is 1.33 bits per heavy atom. The van der Waals surface area contributed by atoms with Crippen molar-refractivity contribution in [2.45, 2.75) is 0 Å². The van der Waals surface area contributed by atoms with E-state index < -0.39 is 6.03 Å². The highest BCUT2D eigenvalue weighted by Crippen LogP contribution is 2.28. The smallest absolute Gasteiger partial charge is 0.326 e. The molecule has 0 aliphatic rings. The second-order valence-corrected chi connectivity index (χ2v) is 3.25. The normalized spacial score (nSPS) is 10.7. The van der Waals surface area contributed by atoms with Gasteiger partial charge in [-0.2, -0.15) is 0 Å². The molecule has 0 aliphatic carbocycles. The van der Waals surface area contributed by atoms with Crippen LogP contribution in [0.15, 0.2) is 23.2 Å². The minimum Gasteiger partial charge on any atom is -0.497 e. The van der Waals surface area contributed by atoms with Gasteiger partial charge in [0.05, 0.1) is 19.9 Å². The number of nitrogens with two attached hydrogens (primary N) is 1. The average Bonchev–Trinajstić information content (AvgIpc) is 2.38. The van der Waals surface area contributed by atoms with Gasteiger partial charge < -0.3 is 20.5 Å². The molecule has 0 saturated carbocycles. The van der Waals surface area contributed by atoms with Gasteiger partial charge in [-0.15, -0.1) is 0 Å². The second kappa shape index (κ2) is 6.33. The molecule has 7 nitrogen and oxygen atoms in total. The van der Waals surface area contributed by atoms with Gasteiger partial charge in [0.2, 0.25) is 0 Å². The number of amides is 2. The van der Waals surface area contributed by atoms with E-state index in [-0.39, 0.29) is 5.96 Å². The molecule has 0 bridgehead atoms. The number of ether oxygens (including phenoxy) is 2. The molecule has 0 spiro atoms. The fourth-order valence-corrected chi connectivity index (χ4v) is 1.24. The molecule has 98 valence electrons. The lowest BCUT2D eigenvalue weighted by Crippen LogP contribution is -2.39. The molecule has 1 aromatic carbocycles. The molecular weight excluding hydrogens is 236 g/mol. The number of methoxy groups -OCH3 is 2. The van der Waals surface area contributed by atoms with Gasteiger partial charge in [0, 0.05) is 13.1 Å². The Kier molecular flexibility index (Phi) is 4.79. The monoisotopic (exact) mass is 252 g/mol.